The number of carboxylic acids is 1. The van der Waals surface area contributed by atoms with Gasteiger partial charge in [-0.15, -0.1) is 0 Å². The molecule has 0 aromatic carbocycles. The molecule has 2 aromatic rings. The van der Waals surface area contributed by atoms with Gasteiger partial charge in [-0.25, -0.2) is 4.79 Å². The van der Waals surface area contributed by atoms with E-state index in [1.54, 1.807) is 18.3 Å². The van der Waals surface area contributed by atoms with Crippen molar-refractivity contribution in [1.29, 1.82) is 0 Å². The second-order valence-corrected chi connectivity index (χ2v) is 3.84. The molecular formula is C11H12N6O3. The van der Waals surface area contributed by atoms with Crippen LogP contribution in [-0.2, 0) is 17.9 Å². The summed E-state index contributed by atoms with van der Waals surface area (Å²) in [5, 5.41) is 25.0. The van der Waals surface area contributed by atoms with Crippen LogP contribution in [0.4, 0.5) is 10.5 Å². The maximum atomic E-state index is 11.6. The van der Waals surface area contributed by atoms with Crippen molar-refractivity contribution >= 4 is 17.7 Å². The monoisotopic (exact) mass is 276 g/mol. The molecule has 9 heteroatoms. The number of nitrogens with one attached hydrogen (secondary N) is 2. The summed E-state index contributed by atoms with van der Waals surface area (Å²) in [6.45, 7) is -0.0220. The Balaban J connectivity index is 1.82. The second kappa shape index (κ2) is 6.27. The number of carboxylic acid groups (broad SMARTS) is 1. The molecule has 0 bridgehead atoms. The summed E-state index contributed by atoms with van der Waals surface area (Å²) in [7, 11) is 0. The first-order valence-corrected chi connectivity index (χ1v) is 5.69. The average Bonchev–Trinajstić information content (AvgIpc) is 2.84. The molecule has 0 unspecified atom stereocenters. The van der Waals surface area contributed by atoms with Crippen LogP contribution in [0.1, 0.15) is 5.69 Å². The lowest BCUT2D eigenvalue weighted by Gasteiger charge is -2.04. The van der Waals surface area contributed by atoms with Gasteiger partial charge in [0.1, 0.15) is 6.54 Å². The Morgan fingerprint density at radius 2 is 2.25 bits per heavy atom. The molecule has 0 saturated heterocycles. The Morgan fingerprint density at radius 3 is 2.95 bits per heavy atom. The second-order valence-electron chi connectivity index (χ2n) is 3.84. The minimum absolute atomic E-state index is 0.239. The molecule has 2 heterocycles. The number of rotatable bonds is 5. The maximum Gasteiger partial charge on any atom is 0.325 e. The number of anilines is 1. The third-order valence-electron chi connectivity index (χ3n) is 2.25. The van der Waals surface area contributed by atoms with Gasteiger partial charge >= 0.3 is 12.0 Å². The number of carbonyl (C=O) groups excluding carboxylic acids is 1. The van der Waals surface area contributed by atoms with Crippen LogP contribution in [-0.4, -0.2) is 37.1 Å². The van der Waals surface area contributed by atoms with Gasteiger partial charge in [-0.1, -0.05) is 0 Å². The fraction of sp³-hybridized carbons (Fsp3) is 0.182. The fourth-order valence-electron chi connectivity index (χ4n) is 1.43. The third kappa shape index (κ3) is 4.05. The highest BCUT2D eigenvalue weighted by molar-refractivity contribution is 5.88. The molecule has 0 saturated carbocycles. The van der Waals surface area contributed by atoms with Gasteiger partial charge in [-0.05, 0) is 12.1 Å². The van der Waals surface area contributed by atoms with Crippen LogP contribution in [0.3, 0.4) is 0 Å². The van der Waals surface area contributed by atoms with Crippen molar-refractivity contribution in [2.24, 2.45) is 0 Å². The lowest BCUT2D eigenvalue weighted by molar-refractivity contribution is -0.137. The molecule has 104 valence electrons. The van der Waals surface area contributed by atoms with Crippen molar-refractivity contribution in [2.45, 2.75) is 13.1 Å². The van der Waals surface area contributed by atoms with Gasteiger partial charge in [0.25, 0.3) is 0 Å². The SMILES string of the molecule is O=C(O)Cn1cc(NC(=O)NCc2cccnn2)cn1. The number of carbonyl (C=O) groups is 2. The van der Waals surface area contributed by atoms with E-state index >= 15 is 0 Å². The van der Waals surface area contributed by atoms with Crippen molar-refractivity contribution in [3.8, 4) is 0 Å². The van der Waals surface area contributed by atoms with Crippen LogP contribution in [0.25, 0.3) is 0 Å². The Kier molecular flexibility index (Phi) is 4.22. The number of aromatic nitrogens is 4. The molecule has 0 radical (unpaired) electrons. The van der Waals surface area contributed by atoms with E-state index in [0.717, 1.165) is 0 Å². The van der Waals surface area contributed by atoms with E-state index in [-0.39, 0.29) is 13.1 Å². The highest BCUT2D eigenvalue weighted by Crippen LogP contribution is 2.04. The summed E-state index contributed by atoms with van der Waals surface area (Å²) in [5.74, 6) is -1.01. The van der Waals surface area contributed by atoms with Crippen LogP contribution < -0.4 is 10.6 Å². The van der Waals surface area contributed by atoms with E-state index in [9.17, 15) is 9.59 Å². The molecular weight excluding hydrogens is 264 g/mol. The topological polar surface area (TPSA) is 122 Å². The zero-order chi connectivity index (χ0) is 14.4. The molecule has 0 aliphatic carbocycles. The lowest BCUT2D eigenvalue weighted by atomic mass is 10.4. The van der Waals surface area contributed by atoms with E-state index in [1.165, 1.54) is 17.1 Å². The first kappa shape index (κ1) is 13.5. The van der Waals surface area contributed by atoms with Gasteiger partial charge in [0.15, 0.2) is 0 Å². The van der Waals surface area contributed by atoms with E-state index in [0.29, 0.717) is 11.4 Å². The third-order valence-corrected chi connectivity index (χ3v) is 2.25. The first-order chi connectivity index (χ1) is 9.63. The summed E-state index contributed by atoms with van der Waals surface area (Å²) >= 11 is 0. The van der Waals surface area contributed by atoms with Gasteiger partial charge < -0.3 is 15.7 Å². The van der Waals surface area contributed by atoms with E-state index < -0.39 is 12.0 Å². The van der Waals surface area contributed by atoms with Gasteiger partial charge in [0, 0.05) is 12.4 Å². The smallest absolute Gasteiger partial charge is 0.325 e. The first-order valence-electron chi connectivity index (χ1n) is 5.69. The number of aliphatic carboxylic acids is 1. The molecule has 9 nitrogen and oxygen atoms in total. The summed E-state index contributed by atoms with van der Waals surface area (Å²) < 4.78 is 1.21. The largest absolute Gasteiger partial charge is 0.480 e. The van der Waals surface area contributed by atoms with Crippen LogP contribution in [0.2, 0.25) is 0 Å². The summed E-state index contributed by atoms with van der Waals surface area (Å²) in [6, 6.07) is 3.02. The van der Waals surface area contributed by atoms with Gasteiger partial charge in [-0.2, -0.15) is 15.3 Å². The normalized spacial score (nSPS) is 10.0. The highest BCUT2D eigenvalue weighted by atomic mass is 16.4. The molecule has 0 atom stereocenters. The molecule has 20 heavy (non-hydrogen) atoms. The summed E-state index contributed by atoms with van der Waals surface area (Å²) in [4.78, 5) is 22.1. The van der Waals surface area contributed by atoms with E-state index in [1.807, 2.05) is 0 Å². The molecule has 2 aromatic heterocycles. The van der Waals surface area contributed by atoms with Crippen LogP contribution in [0.15, 0.2) is 30.7 Å². The van der Waals surface area contributed by atoms with E-state index in [2.05, 4.69) is 25.9 Å². The number of amides is 2. The zero-order valence-corrected chi connectivity index (χ0v) is 10.4. The van der Waals surface area contributed by atoms with Crippen LogP contribution in [0, 0.1) is 0 Å². The number of urea groups is 1. The van der Waals surface area contributed by atoms with Crippen LogP contribution in [0.5, 0.6) is 0 Å². The predicted octanol–water partition coefficient (Wildman–Crippen LogP) is 0.0794. The van der Waals surface area contributed by atoms with Gasteiger partial charge in [0.05, 0.1) is 24.1 Å². The van der Waals surface area contributed by atoms with Gasteiger partial charge in [-0.3, -0.25) is 9.48 Å². The van der Waals surface area contributed by atoms with Crippen LogP contribution >= 0.6 is 0 Å². The minimum Gasteiger partial charge on any atom is -0.480 e. The van der Waals surface area contributed by atoms with Gasteiger partial charge in [0.2, 0.25) is 0 Å². The Hall–Kier alpha value is -2.97. The molecule has 0 fully saturated rings. The molecule has 0 spiro atoms. The average molecular weight is 276 g/mol. The van der Waals surface area contributed by atoms with Crippen molar-refractivity contribution in [2.75, 3.05) is 5.32 Å². The number of hydrogen-bond acceptors (Lipinski definition) is 5. The number of hydrogen-bond donors (Lipinski definition) is 3. The molecule has 3 N–H and O–H groups in total. The molecule has 0 aliphatic heterocycles. The molecule has 2 amide bonds. The zero-order valence-electron chi connectivity index (χ0n) is 10.4. The fourth-order valence-corrected chi connectivity index (χ4v) is 1.43. The quantitative estimate of drug-likeness (QED) is 0.710. The highest BCUT2D eigenvalue weighted by Gasteiger charge is 2.06. The summed E-state index contributed by atoms with van der Waals surface area (Å²) in [6.07, 6.45) is 4.33. The van der Waals surface area contributed by atoms with Crippen molar-refractivity contribution in [3.05, 3.63) is 36.4 Å². The predicted molar refractivity (Wildman–Crippen MR) is 67.8 cm³/mol. The molecule has 2 rings (SSSR count). The van der Waals surface area contributed by atoms with Crippen molar-refractivity contribution in [3.63, 3.8) is 0 Å². The number of nitrogens with zero attached hydrogens (tertiary/aromatic N) is 4. The Morgan fingerprint density at radius 1 is 1.40 bits per heavy atom. The lowest BCUT2D eigenvalue weighted by Crippen LogP contribution is -2.28. The minimum atomic E-state index is -1.01. The van der Waals surface area contributed by atoms with Crippen molar-refractivity contribution in [1.82, 2.24) is 25.3 Å². The van der Waals surface area contributed by atoms with Crippen molar-refractivity contribution < 1.29 is 14.7 Å². The maximum absolute atomic E-state index is 11.6. The Bertz CT molecular complexity index is 597. The molecule has 0 aliphatic rings. The summed E-state index contributed by atoms with van der Waals surface area (Å²) in [5.41, 5.74) is 1.03. The standard InChI is InChI=1S/C11H12N6O3/c18-10(19)7-17-6-9(5-14-17)15-11(20)12-4-8-2-1-3-13-16-8/h1-3,5-6H,4,7H2,(H,18,19)(H2,12,15,20). The Labute approximate surface area is 113 Å². The van der Waals surface area contributed by atoms with E-state index in [4.69, 9.17) is 5.11 Å².